The molecule has 1 saturated heterocycles. The van der Waals surface area contributed by atoms with Crippen molar-refractivity contribution in [2.45, 2.75) is 51.2 Å². The summed E-state index contributed by atoms with van der Waals surface area (Å²) in [4.78, 5) is 23.3. The lowest BCUT2D eigenvalue weighted by atomic mass is 9.88. The standard InChI is InChI=1S/C13H19NO3/c1-7-11(6-12(15)17-7)14-13(16)10-5-8-2-3-9(10)4-8/h7-11H,2-6H2,1H3,(H,14,16)/t7?,8-,9+,10?,11?/m0/s1. The van der Waals surface area contributed by atoms with Gasteiger partial charge in [-0.15, -0.1) is 0 Å². The average molecular weight is 237 g/mol. The van der Waals surface area contributed by atoms with E-state index in [4.69, 9.17) is 4.74 Å². The normalized spacial score (nSPS) is 43.8. The van der Waals surface area contributed by atoms with Gasteiger partial charge in [-0.3, -0.25) is 9.59 Å². The maximum Gasteiger partial charge on any atom is 0.308 e. The molecule has 0 aromatic carbocycles. The van der Waals surface area contributed by atoms with E-state index in [0.717, 1.165) is 12.3 Å². The molecule has 1 aliphatic heterocycles. The van der Waals surface area contributed by atoms with Crippen molar-refractivity contribution in [3.63, 3.8) is 0 Å². The van der Waals surface area contributed by atoms with E-state index in [1.54, 1.807) is 0 Å². The Labute approximate surface area is 101 Å². The molecular formula is C13H19NO3. The lowest BCUT2D eigenvalue weighted by Crippen LogP contribution is -2.43. The van der Waals surface area contributed by atoms with Crippen molar-refractivity contribution < 1.29 is 14.3 Å². The molecule has 5 atom stereocenters. The van der Waals surface area contributed by atoms with E-state index in [9.17, 15) is 9.59 Å². The van der Waals surface area contributed by atoms with Gasteiger partial charge in [0.25, 0.3) is 0 Å². The van der Waals surface area contributed by atoms with Gasteiger partial charge in [-0.2, -0.15) is 0 Å². The number of fused-ring (bicyclic) bond motifs is 2. The molecule has 4 nitrogen and oxygen atoms in total. The fourth-order valence-electron chi connectivity index (χ4n) is 3.71. The summed E-state index contributed by atoms with van der Waals surface area (Å²) in [5.74, 6) is 1.50. The number of rotatable bonds is 2. The van der Waals surface area contributed by atoms with Gasteiger partial charge in [-0.1, -0.05) is 6.42 Å². The molecule has 2 saturated carbocycles. The zero-order valence-electron chi connectivity index (χ0n) is 10.1. The molecule has 17 heavy (non-hydrogen) atoms. The topological polar surface area (TPSA) is 55.4 Å². The number of hydrogen-bond acceptors (Lipinski definition) is 3. The van der Waals surface area contributed by atoms with E-state index >= 15 is 0 Å². The molecule has 0 spiro atoms. The second-order valence-electron chi connectivity index (χ2n) is 5.80. The van der Waals surface area contributed by atoms with Crippen molar-refractivity contribution in [1.29, 1.82) is 0 Å². The maximum atomic E-state index is 12.2. The van der Waals surface area contributed by atoms with Crippen molar-refractivity contribution in [1.82, 2.24) is 5.32 Å². The number of carbonyl (C=O) groups excluding carboxylic acids is 2. The summed E-state index contributed by atoms with van der Waals surface area (Å²) in [5.41, 5.74) is 0. The van der Waals surface area contributed by atoms with Crippen LogP contribution in [0.5, 0.6) is 0 Å². The second kappa shape index (κ2) is 4.00. The summed E-state index contributed by atoms with van der Waals surface area (Å²) < 4.78 is 5.05. The molecule has 3 aliphatic rings. The molecule has 0 aromatic rings. The van der Waals surface area contributed by atoms with Gasteiger partial charge in [0.15, 0.2) is 0 Å². The maximum absolute atomic E-state index is 12.2. The molecule has 2 aliphatic carbocycles. The number of esters is 1. The predicted molar refractivity (Wildman–Crippen MR) is 61.0 cm³/mol. The Kier molecular flexibility index (Phi) is 2.60. The van der Waals surface area contributed by atoms with Crippen LogP contribution in [0.25, 0.3) is 0 Å². The van der Waals surface area contributed by atoms with E-state index in [-0.39, 0.29) is 29.9 Å². The Hall–Kier alpha value is -1.06. The number of carbonyl (C=O) groups is 2. The lowest BCUT2D eigenvalue weighted by molar-refractivity contribution is -0.141. The number of cyclic esters (lactones) is 1. The third kappa shape index (κ3) is 1.94. The smallest absolute Gasteiger partial charge is 0.308 e. The molecule has 3 unspecified atom stereocenters. The minimum Gasteiger partial charge on any atom is -0.460 e. The number of ether oxygens (including phenoxy) is 1. The molecule has 1 heterocycles. The highest BCUT2D eigenvalue weighted by molar-refractivity contribution is 5.81. The van der Waals surface area contributed by atoms with Gasteiger partial charge in [0.05, 0.1) is 12.5 Å². The zero-order chi connectivity index (χ0) is 12.0. The first kappa shape index (κ1) is 11.1. The Morgan fingerprint density at radius 2 is 2.18 bits per heavy atom. The van der Waals surface area contributed by atoms with Gasteiger partial charge in [-0.25, -0.2) is 0 Å². The molecule has 1 N–H and O–H groups in total. The first-order valence-corrected chi connectivity index (χ1v) is 6.63. The van der Waals surface area contributed by atoms with Crippen LogP contribution in [0.15, 0.2) is 0 Å². The number of nitrogens with one attached hydrogen (secondary N) is 1. The lowest BCUT2D eigenvalue weighted by Gasteiger charge is -2.23. The first-order valence-electron chi connectivity index (χ1n) is 6.63. The van der Waals surface area contributed by atoms with Crippen molar-refractivity contribution in [3.05, 3.63) is 0 Å². The van der Waals surface area contributed by atoms with Crippen LogP contribution in [0.1, 0.15) is 39.0 Å². The predicted octanol–water partition coefficient (Wildman–Crippen LogP) is 1.24. The number of amides is 1. The quantitative estimate of drug-likeness (QED) is 0.735. The third-order valence-corrected chi connectivity index (χ3v) is 4.67. The van der Waals surface area contributed by atoms with E-state index in [0.29, 0.717) is 12.3 Å². The third-order valence-electron chi connectivity index (χ3n) is 4.67. The Morgan fingerprint density at radius 3 is 2.71 bits per heavy atom. The van der Waals surface area contributed by atoms with Gasteiger partial charge in [0, 0.05) is 5.92 Å². The van der Waals surface area contributed by atoms with Crippen LogP contribution in [0.2, 0.25) is 0 Å². The van der Waals surface area contributed by atoms with Gasteiger partial charge in [-0.05, 0) is 38.0 Å². The van der Waals surface area contributed by atoms with Crippen molar-refractivity contribution in [2.75, 3.05) is 0 Å². The van der Waals surface area contributed by atoms with Gasteiger partial charge in [0.1, 0.15) is 6.10 Å². The largest absolute Gasteiger partial charge is 0.460 e. The minimum absolute atomic E-state index is 0.117. The monoisotopic (exact) mass is 237 g/mol. The fourth-order valence-corrected chi connectivity index (χ4v) is 3.71. The van der Waals surface area contributed by atoms with Crippen molar-refractivity contribution >= 4 is 11.9 Å². The van der Waals surface area contributed by atoms with E-state index in [2.05, 4.69) is 5.32 Å². The van der Waals surface area contributed by atoms with Gasteiger partial charge >= 0.3 is 5.97 Å². The molecule has 3 fully saturated rings. The van der Waals surface area contributed by atoms with Crippen LogP contribution >= 0.6 is 0 Å². The van der Waals surface area contributed by atoms with Gasteiger partial charge in [0.2, 0.25) is 5.91 Å². The van der Waals surface area contributed by atoms with Crippen LogP contribution in [-0.2, 0) is 14.3 Å². The summed E-state index contributed by atoms with van der Waals surface area (Å²) in [5, 5.41) is 3.00. The van der Waals surface area contributed by atoms with Crippen molar-refractivity contribution in [3.8, 4) is 0 Å². The Morgan fingerprint density at radius 1 is 1.35 bits per heavy atom. The minimum atomic E-state index is -0.198. The second-order valence-corrected chi connectivity index (χ2v) is 5.80. The van der Waals surface area contributed by atoms with Crippen LogP contribution in [-0.4, -0.2) is 24.0 Å². The molecule has 0 radical (unpaired) electrons. The van der Waals surface area contributed by atoms with E-state index < -0.39 is 0 Å². The van der Waals surface area contributed by atoms with E-state index in [1.807, 2.05) is 6.92 Å². The van der Waals surface area contributed by atoms with Crippen LogP contribution in [0.3, 0.4) is 0 Å². The molecular weight excluding hydrogens is 218 g/mol. The van der Waals surface area contributed by atoms with Gasteiger partial charge < -0.3 is 10.1 Å². The molecule has 1 amide bonds. The highest BCUT2D eigenvalue weighted by Crippen LogP contribution is 2.48. The molecule has 0 aromatic heterocycles. The Balaban J connectivity index is 1.59. The van der Waals surface area contributed by atoms with E-state index in [1.165, 1.54) is 19.3 Å². The summed E-state index contributed by atoms with van der Waals surface area (Å²) in [6, 6.07) is -0.117. The average Bonchev–Trinajstić information content (AvgIpc) is 2.94. The SMILES string of the molecule is CC1OC(=O)CC1NC(=O)C1C[C@H]2CC[C@@H]1C2. The number of hydrogen-bond donors (Lipinski definition) is 1. The molecule has 2 bridgehead atoms. The van der Waals surface area contributed by atoms with Crippen LogP contribution in [0, 0.1) is 17.8 Å². The summed E-state index contributed by atoms with van der Waals surface area (Å²) >= 11 is 0. The summed E-state index contributed by atoms with van der Waals surface area (Å²) in [7, 11) is 0. The highest BCUT2D eigenvalue weighted by Gasteiger charge is 2.44. The highest BCUT2D eigenvalue weighted by atomic mass is 16.6. The zero-order valence-corrected chi connectivity index (χ0v) is 10.1. The molecule has 3 rings (SSSR count). The van der Waals surface area contributed by atoms with Crippen molar-refractivity contribution in [2.24, 2.45) is 17.8 Å². The fraction of sp³-hybridized carbons (Fsp3) is 0.846. The molecule has 4 heteroatoms. The first-order chi connectivity index (χ1) is 8.13. The van der Waals surface area contributed by atoms with Crippen LogP contribution < -0.4 is 5.32 Å². The summed E-state index contributed by atoms with van der Waals surface area (Å²) in [6.45, 7) is 1.84. The van der Waals surface area contributed by atoms with Crippen LogP contribution in [0.4, 0.5) is 0 Å². The Bertz CT molecular complexity index is 355. The molecule has 94 valence electrons. The summed E-state index contributed by atoms with van der Waals surface area (Å²) in [6.07, 6.45) is 4.94.